The zero-order valence-electron chi connectivity index (χ0n) is 18.6. The van der Waals surface area contributed by atoms with Gasteiger partial charge in [-0.2, -0.15) is 0 Å². The molecule has 2 aromatic rings. The van der Waals surface area contributed by atoms with Gasteiger partial charge in [0.2, 0.25) is 5.91 Å². The molecular weight excluding hydrogens is 474 g/mol. The van der Waals surface area contributed by atoms with E-state index in [0.717, 1.165) is 30.5 Å². The number of anilines is 1. The van der Waals surface area contributed by atoms with E-state index in [-0.39, 0.29) is 23.7 Å². The van der Waals surface area contributed by atoms with Gasteiger partial charge in [0.25, 0.3) is 11.6 Å². The van der Waals surface area contributed by atoms with Crippen molar-refractivity contribution in [1.82, 2.24) is 10.6 Å². The Kier molecular flexibility index (Phi) is 8.62. The highest BCUT2D eigenvalue weighted by Crippen LogP contribution is 2.27. The van der Waals surface area contributed by atoms with Gasteiger partial charge in [-0.3, -0.25) is 19.7 Å². The number of carbonyl (C=O) groups is 2. The zero-order valence-corrected chi connectivity index (χ0v) is 19.4. The number of carbonyl (C=O) groups excluding carboxylic acids is 2. The number of nitro groups is 1. The highest BCUT2D eigenvalue weighted by atomic mass is 32.2. The summed E-state index contributed by atoms with van der Waals surface area (Å²) in [6.45, 7) is 3.28. The van der Waals surface area contributed by atoms with Crippen LogP contribution in [-0.4, -0.2) is 50.5 Å². The maximum absolute atomic E-state index is 13.9. The van der Waals surface area contributed by atoms with E-state index in [9.17, 15) is 36.9 Å². The van der Waals surface area contributed by atoms with Crippen LogP contribution in [0.15, 0.2) is 41.3 Å². The van der Waals surface area contributed by atoms with Crippen molar-refractivity contribution in [3.05, 3.63) is 63.7 Å². The molecule has 0 bridgehead atoms. The molecule has 2 rings (SSSR count). The molecule has 0 aliphatic rings. The highest BCUT2D eigenvalue weighted by molar-refractivity contribution is 7.90. The summed E-state index contributed by atoms with van der Waals surface area (Å²) in [5.74, 6) is -4.24. The van der Waals surface area contributed by atoms with E-state index in [4.69, 9.17) is 0 Å². The zero-order chi connectivity index (χ0) is 25.6. The lowest BCUT2D eigenvalue weighted by Crippen LogP contribution is -2.50. The van der Waals surface area contributed by atoms with E-state index >= 15 is 0 Å². The average Bonchev–Trinajstić information content (AvgIpc) is 2.73. The molecule has 0 heterocycles. The lowest BCUT2D eigenvalue weighted by Gasteiger charge is -2.22. The maximum atomic E-state index is 13.9. The third-order valence-electron chi connectivity index (χ3n) is 4.76. The van der Waals surface area contributed by atoms with Crippen LogP contribution < -0.4 is 16.0 Å². The highest BCUT2D eigenvalue weighted by Gasteiger charge is 2.27. The van der Waals surface area contributed by atoms with Crippen molar-refractivity contribution < 1.29 is 31.7 Å². The Balaban J connectivity index is 2.01. The number of hydrogen-bond acceptors (Lipinski definition) is 7. The number of amides is 2. The van der Waals surface area contributed by atoms with Crippen molar-refractivity contribution in [2.75, 3.05) is 24.7 Å². The van der Waals surface area contributed by atoms with Crippen molar-refractivity contribution in [3.63, 3.8) is 0 Å². The van der Waals surface area contributed by atoms with Crippen LogP contribution in [0, 0.1) is 27.7 Å². The molecule has 0 unspecified atom stereocenters. The first-order valence-corrected chi connectivity index (χ1v) is 12.0. The molecule has 0 fully saturated rings. The molecule has 34 heavy (non-hydrogen) atoms. The van der Waals surface area contributed by atoms with Gasteiger partial charge in [-0.25, -0.2) is 17.2 Å². The van der Waals surface area contributed by atoms with Crippen LogP contribution in [0.5, 0.6) is 0 Å². The number of nitro benzene ring substituents is 1. The van der Waals surface area contributed by atoms with Gasteiger partial charge < -0.3 is 16.0 Å². The van der Waals surface area contributed by atoms with Gasteiger partial charge in [-0.05, 0) is 30.2 Å². The van der Waals surface area contributed by atoms with Crippen LogP contribution in [0.3, 0.4) is 0 Å². The Morgan fingerprint density at radius 3 is 2.24 bits per heavy atom. The van der Waals surface area contributed by atoms with Gasteiger partial charge in [-0.1, -0.05) is 19.9 Å². The number of rotatable bonds is 10. The molecule has 10 nitrogen and oxygen atoms in total. The molecule has 13 heteroatoms. The first kappa shape index (κ1) is 26.6. The Morgan fingerprint density at radius 2 is 1.71 bits per heavy atom. The molecule has 0 aliphatic heterocycles. The van der Waals surface area contributed by atoms with Crippen molar-refractivity contribution in [1.29, 1.82) is 0 Å². The fraction of sp³-hybridized carbons (Fsp3) is 0.333. The molecule has 2 amide bonds. The molecule has 0 saturated carbocycles. The average molecular weight is 499 g/mol. The molecular formula is C21H24F2N4O6S. The van der Waals surface area contributed by atoms with Crippen LogP contribution in [0.25, 0.3) is 0 Å². The third-order valence-corrected chi connectivity index (χ3v) is 5.87. The van der Waals surface area contributed by atoms with Crippen LogP contribution >= 0.6 is 0 Å². The van der Waals surface area contributed by atoms with Gasteiger partial charge in [0.1, 0.15) is 28.9 Å². The second-order valence-electron chi connectivity index (χ2n) is 7.72. The monoisotopic (exact) mass is 498 g/mol. The summed E-state index contributed by atoms with van der Waals surface area (Å²) >= 11 is 0. The van der Waals surface area contributed by atoms with Gasteiger partial charge in [0, 0.05) is 25.4 Å². The molecule has 184 valence electrons. The third kappa shape index (κ3) is 6.70. The molecule has 0 radical (unpaired) electrons. The van der Waals surface area contributed by atoms with Crippen LogP contribution in [0.2, 0.25) is 0 Å². The fourth-order valence-corrected chi connectivity index (χ4v) is 3.64. The maximum Gasteiger partial charge on any atom is 0.293 e. The standard InChI is InChI=1S/C21H24F2N4O6S/c1-12(2)19(26-20(28)18-14(22)5-4-6-15(18)23)21(29)25-10-9-24-16-8-7-13(34(3,32)33)11-17(16)27(30)31/h4-8,11-12,19,24H,9-10H2,1-3H3,(H,25,29)(H,26,28)/t19-/m0/s1. The Morgan fingerprint density at radius 1 is 1.09 bits per heavy atom. The minimum Gasteiger partial charge on any atom is -0.378 e. The van der Waals surface area contributed by atoms with Gasteiger partial charge in [0.15, 0.2) is 9.84 Å². The number of nitrogens with one attached hydrogen (secondary N) is 3. The molecule has 1 atom stereocenters. The van der Waals surface area contributed by atoms with E-state index in [2.05, 4.69) is 16.0 Å². The Hall–Kier alpha value is -3.61. The molecule has 0 aliphatic carbocycles. The fourth-order valence-electron chi connectivity index (χ4n) is 3.00. The minimum absolute atomic E-state index is 0.0169. The van der Waals surface area contributed by atoms with Gasteiger partial charge in [-0.15, -0.1) is 0 Å². The molecule has 0 aromatic heterocycles. The number of halogens is 2. The smallest absolute Gasteiger partial charge is 0.293 e. The summed E-state index contributed by atoms with van der Waals surface area (Å²) in [7, 11) is -3.64. The number of sulfone groups is 1. The summed E-state index contributed by atoms with van der Waals surface area (Å²) in [4.78, 5) is 35.2. The second-order valence-corrected chi connectivity index (χ2v) is 9.73. The largest absolute Gasteiger partial charge is 0.378 e. The lowest BCUT2D eigenvalue weighted by atomic mass is 10.0. The summed E-state index contributed by atoms with van der Waals surface area (Å²) in [6, 6.07) is 5.26. The van der Waals surface area contributed by atoms with Crippen molar-refractivity contribution in [2.45, 2.75) is 24.8 Å². The van der Waals surface area contributed by atoms with Gasteiger partial charge >= 0.3 is 0 Å². The Labute approximate surface area is 194 Å². The second kappa shape index (κ2) is 11.0. The number of nitrogens with zero attached hydrogens (tertiary/aromatic N) is 1. The topological polar surface area (TPSA) is 148 Å². The van der Waals surface area contributed by atoms with Crippen molar-refractivity contribution in [3.8, 4) is 0 Å². The van der Waals surface area contributed by atoms with Crippen LogP contribution in [0.4, 0.5) is 20.2 Å². The predicted molar refractivity (Wildman–Crippen MR) is 120 cm³/mol. The number of hydrogen-bond donors (Lipinski definition) is 3. The summed E-state index contributed by atoms with van der Waals surface area (Å²) in [6.07, 6.45) is 0.930. The first-order valence-electron chi connectivity index (χ1n) is 10.1. The van der Waals surface area contributed by atoms with Crippen molar-refractivity contribution in [2.24, 2.45) is 5.92 Å². The quantitative estimate of drug-likeness (QED) is 0.259. The van der Waals surface area contributed by atoms with E-state index < -0.39 is 61.4 Å². The van der Waals surface area contributed by atoms with Crippen molar-refractivity contribution >= 4 is 33.0 Å². The van der Waals surface area contributed by atoms with E-state index in [1.54, 1.807) is 13.8 Å². The molecule has 3 N–H and O–H groups in total. The van der Waals surface area contributed by atoms with Crippen LogP contribution in [0.1, 0.15) is 24.2 Å². The number of benzene rings is 2. The van der Waals surface area contributed by atoms with Crippen LogP contribution in [-0.2, 0) is 14.6 Å². The SMILES string of the molecule is CC(C)[C@H](NC(=O)c1c(F)cccc1F)C(=O)NCCNc1ccc(S(C)(=O)=O)cc1[N+](=O)[O-]. The summed E-state index contributed by atoms with van der Waals surface area (Å²) < 4.78 is 50.9. The summed E-state index contributed by atoms with van der Waals surface area (Å²) in [5.41, 5.74) is -1.20. The summed E-state index contributed by atoms with van der Waals surface area (Å²) in [5, 5.41) is 18.9. The predicted octanol–water partition coefficient (Wildman–Crippen LogP) is 2.26. The first-order chi connectivity index (χ1) is 15.8. The van der Waals surface area contributed by atoms with E-state index in [1.807, 2.05) is 0 Å². The Bertz CT molecular complexity index is 1180. The van der Waals surface area contributed by atoms with Gasteiger partial charge in [0.05, 0.1) is 9.82 Å². The minimum atomic E-state index is -3.64. The van der Waals surface area contributed by atoms with E-state index in [0.29, 0.717) is 0 Å². The lowest BCUT2D eigenvalue weighted by molar-refractivity contribution is -0.384. The molecule has 0 spiro atoms. The van der Waals surface area contributed by atoms with E-state index in [1.165, 1.54) is 12.1 Å². The molecule has 2 aromatic carbocycles. The molecule has 0 saturated heterocycles. The normalized spacial score (nSPS) is 12.2.